The molecular weight excluding hydrogens is 286 g/mol. The number of hydrogen-bond acceptors (Lipinski definition) is 6. The number of rotatable bonds is 3. The number of anilines is 1. The van der Waals surface area contributed by atoms with Gasteiger partial charge in [0.2, 0.25) is 0 Å². The lowest BCUT2D eigenvalue weighted by atomic mass is 10.2. The molecule has 1 aliphatic heterocycles. The highest BCUT2D eigenvalue weighted by atomic mass is 16.6. The van der Waals surface area contributed by atoms with Crippen LogP contribution in [0.15, 0.2) is 24.3 Å². The second-order valence-corrected chi connectivity index (χ2v) is 5.84. The number of carbonyl (C=O) groups excluding carboxylic acids is 1. The molecule has 122 valence electrons. The molecule has 1 saturated heterocycles. The highest BCUT2D eigenvalue weighted by Crippen LogP contribution is 2.19. The second kappa shape index (κ2) is 8.33. The quantitative estimate of drug-likeness (QED) is 0.522. The summed E-state index contributed by atoms with van der Waals surface area (Å²) in [6.45, 7) is 9.77. The smallest absolute Gasteiger partial charge is 0.293 e. The summed E-state index contributed by atoms with van der Waals surface area (Å²) in [7, 11) is 0. The predicted octanol–water partition coefficient (Wildman–Crippen LogP) is 1.96. The van der Waals surface area contributed by atoms with Gasteiger partial charge in [0.1, 0.15) is 5.60 Å². The Hall–Kier alpha value is -2.15. The first-order valence-electron chi connectivity index (χ1n) is 7.15. The minimum atomic E-state index is -0.373. The molecule has 0 bridgehead atoms. The lowest BCUT2D eigenvalue weighted by Crippen LogP contribution is -2.43. The third-order valence-corrected chi connectivity index (χ3v) is 2.94. The highest BCUT2D eigenvalue weighted by Gasteiger charge is 2.11. The van der Waals surface area contributed by atoms with Crippen LogP contribution in [0.25, 0.3) is 0 Å². The maximum absolute atomic E-state index is 10.5. The molecule has 1 aliphatic rings. The summed E-state index contributed by atoms with van der Waals surface area (Å²) in [6, 6.07) is 6.72. The average molecular weight is 309 g/mol. The first-order chi connectivity index (χ1) is 10.3. The van der Waals surface area contributed by atoms with Crippen LogP contribution in [0.2, 0.25) is 0 Å². The SMILES string of the molecule is CC(C)(C)OC=O.O=[N+]([O-])c1ccc(N2CCNCC2)cc1. The van der Waals surface area contributed by atoms with E-state index in [4.69, 9.17) is 0 Å². The fourth-order valence-corrected chi connectivity index (χ4v) is 1.85. The zero-order valence-corrected chi connectivity index (χ0v) is 13.2. The van der Waals surface area contributed by atoms with Crippen LogP contribution in [0.1, 0.15) is 20.8 Å². The molecule has 2 rings (SSSR count). The molecule has 0 saturated carbocycles. The van der Waals surface area contributed by atoms with Gasteiger partial charge < -0.3 is 15.0 Å². The van der Waals surface area contributed by atoms with Gasteiger partial charge in [-0.2, -0.15) is 0 Å². The van der Waals surface area contributed by atoms with Crippen LogP contribution in [-0.4, -0.2) is 43.2 Å². The van der Waals surface area contributed by atoms with Crippen LogP contribution in [0.3, 0.4) is 0 Å². The van der Waals surface area contributed by atoms with Gasteiger partial charge >= 0.3 is 0 Å². The number of hydrogen-bond donors (Lipinski definition) is 1. The Morgan fingerprint density at radius 1 is 1.23 bits per heavy atom. The monoisotopic (exact) mass is 309 g/mol. The molecule has 0 aromatic heterocycles. The Morgan fingerprint density at radius 3 is 2.14 bits per heavy atom. The number of non-ortho nitro benzene ring substituents is 1. The molecule has 0 atom stereocenters. The van der Waals surface area contributed by atoms with E-state index >= 15 is 0 Å². The normalized spacial score (nSPS) is 14.6. The number of nitro groups is 1. The third-order valence-electron chi connectivity index (χ3n) is 2.94. The van der Waals surface area contributed by atoms with Gasteiger partial charge in [0.15, 0.2) is 0 Å². The molecule has 0 unspecified atom stereocenters. The van der Waals surface area contributed by atoms with E-state index in [0.29, 0.717) is 6.47 Å². The highest BCUT2D eigenvalue weighted by molar-refractivity contribution is 5.51. The van der Waals surface area contributed by atoms with E-state index in [9.17, 15) is 14.9 Å². The maximum Gasteiger partial charge on any atom is 0.293 e. The van der Waals surface area contributed by atoms with Gasteiger partial charge in [-0.15, -0.1) is 0 Å². The number of nitro benzene ring substituents is 1. The van der Waals surface area contributed by atoms with Crippen molar-refractivity contribution in [3.63, 3.8) is 0 Å². The van der Waals surface area contributed by atoms with E-state index in [1.807, 2.05) is 32.9 Å². The minimum Gasteiger partial charge on any atom is -0.462 e. The van der Waals surface area contributed by atoms with Gasteiger partial charge in [0.05, 0.1) is 4.92 Å². The summed E-state index contributed by atoms with van der Waals surface area (Å²) in [5, 5.41) is 13.7. The summed E-state index contributed by atoms with van der Waals surface area (Å²) in [4.78, 5) is 21.9. The van der Waals surface area contributed by atoms with Crippen LogP contribution >= 0.6 is 0 Å². The third kappa shape index (κ3) is 6.53. The van der Waals surface area contributed by atoms with Gasteiger partial charge in [0.25, 0.3) is 12.2 Å². The van der Waals surface area contributed by atoms with Crippen molar-refractivity contribution in [2.75, 3.05) is 31.1 Å². The van der Waals surface area contributed by atoms with Gasteiger partial charge in [-0.3, -0.25) is 14.9 Å². The number of benzene rings is 1. The fourth-order valence-electron chi connectivity index (χ4n) is 1.85. The van der Waals surface area contributed by atoms with Gasteiger partial charge in [-0.25, -0.2) is 0 Å². The van der Waals surface area contributed by atoms with Crippen molar-refractivity contribution >= 4 is 17.8 Å². The minimum absolute atomic E-state index is 0.147. The molecule has 0 spiro atoms. The van der Waals surface area contributed by atoms with Crippen molar-refractivity contribution in [3.05, 3.63) is 34.4 Å². The zero-order chi connectivity index (χ0) is 16.6. The van der Waals surface area contributed by atoms with Crippen LogP contribution in [0.4, 0.5) is 11.4 Å². The maximum atomic E-state index is 10.5. The summed E-state index contributed by atoms with van der Waals surface area (Å²) < 4.78 is 4.55. The molecule has 7 heteroatoms. The lowest BCUT2D eigenvalue weighted by Gasteiger charge is -2.29. The van der Waals surface area contributed by atoms with Crippen molar-refractivity contribution in [3.8, 4) is 0 Å². The largest absolute Gasteiger partial charge is 0.462 e. The number of piperazine rings is 1. The van der Waals surface area contributed by atoms with E-state index in [2.05, 4.69) is 15.0 Å². The molecular formula is C15H23N3O4. The summed E-state index contributed by atoms with van der Waals surface area (Å²) in [5.41, 5.74) is 0.887. The first kappa shape index (κ1) is 17.9. The van der Waals surface area contributed by atoms with E-state index in [-0.39, 0.29) is 16.2 Å². The summed E-state index contributed by atoms with van der Waals surface area (Å²) >= 11 is 0. The Morgan fingerprint density at radius 2 is 1.77 bits per heavy atom. The van der Waals surface area contributed by atoms with E-state index in [1.54, 1.807) is 12.1 Å². The van der Waals surface area contributed by atoms with Crippen molar-refractivity contribution < 1.29 is 14.5 Å². The lowest BCUT2D eigenvalue weighted by molar-refractivity contribution is -0.384. The van der Waals surface area contributed by atoms with Gasteiger partial charge in [0, 0.05) is 44.0 Å². The molecule has 1 fully saturated rings. The van der Waals surface area contributed by atoms with Crippen molar-refractivity contribution in [2.24, 2.45) is 0 Å². The molecule has 1 N–H and O–H groups in total. The van der Waals surface area contributed by atoms with Gasteiger partial charge in [-0.05, 0) is 32.9 Å². The van der Waals surface area contributed by atoms with E-state index < -0.39 is 0 Å². The summed E-state index contributed by atoms with van der Waals surface area (Å²) in [6.07, 6.45) is 0. The van der Waals surface area contributed by atoms with Crippen LogP contribution in [-0.2, 0) is 9.53 Å². The van der Waals surface area contributed by atoms with Crippen molar-refractivity contribution in [2.45, 2.75) is 26.4 Å². The molecule has 1 aromatic rings. The molecule has 0 amide bonds. The molecule has 1 aromatic carbocycles. The second-order valence-electron chi connectivity index (χ2n) is 5.84. The zero-order valence-electron chi connectivity index (χ0n) is 13.2. The fraction of sp³-hybridized carbons (Fsp3) is 0.533. The number of nitrogens with zero attached hydrogens (tertiary/aromatic N) is 2. The molecule has 0 radical (unpaired) electrons. The van der Waals surface area contributed by atoms with Gasteiger partial charge in [-0.1, -0.05) is 0 Å². The molecule has 1 heterocycles. The van der Waals surface area contributed by atoms with E-state index in [1.165, 1.54) is 0 Å². The van der Waals surface area contributed by atoms with Crippen molar-refractivity contribution in [1.82, 2.24) is 5.32 Å². The topological polar surface area (TPSA) is 84.7 Å². The van der Waals surface area contributed by atoms with Crippen LogP contribution in [0, 0.1) is 10.1 Å². The predicted molar refractivity (Wildman–Crippen MR) is 85.1 cm³/mol. The standard InChI is InChI=1S/C10H13N3O2.C5H10O2/c14-13(15)10-3-1-9(2-4-10)12-7-5-11-6-8-12;1-5(2,3)7-4-6/h1-4,11H,5-8H2;4H,1-3H3. The summed E-state index contributed by atoms with van der Waals surface area (Å²) in [5.74, 6) is 0. The number of carbonyl (C=O) groups is 1. The van der Waals surface area contributed by atoms with Crippen LogP contribution in [0.5, 0.6) is 0 Å². The Kier molecular flexibility index (Phi) is 6.78. The molecule has 0 aliphatic carbocycles. The molecule has 7 nitrogen and oxygen atoms in total. The van der Waals surface area contributed by atoms with Crippen molar-refractivity contribution in [1.29, 1.82) is 0 Å². The van der Waals surface area contributed by atoms with E-state index in [0.717, 1.165) is 31.9 Å². The first-order valence-corrected chi connectivity index (χ1v) is 7.15. The number of ether oxygens (including phenoxy) is 1. The number of nitrogens with one attached hydrogen (secondary N) is 1. The molecule has 22 heavy (non-hydrogen) atoms. The Bertz CT molecular complexity index is 477. The Labute approximate surface area is 130 Å². The Balaban J connectivity index is 0.000000295. The average Bonchev–Trinajstić information content (AvgIpc) is 2.48. The van der Waals surface area contributed by atoms with Crippen LogP contribution < -0.4 is 10.2 Å².